The van der Waals surface area contributed by atoms with Crippen molar-refractivity contribution in [3.63, 3.8) is 0 Å². The number of aryl methyl sites for hydroxylation is 1. The summed E-state index contributed by atoms with van der Waals surface area (Å²) in [5.74, 6) is 0.925. The standard InChI is InChI=1S/C21H28N6O3/c1-12-10-23-16(11-22-12)7-19(28)24-18-8-17(25-26-18)14-4-5-15(6-14)21(3)9-13(2)27(21)20(29)30/h8,10-11,13-15H,4-7,9H2,1-3H3,(H,29,30)(H2,24,25,26,28)/t13-,14?,15?,21-/m0/s1. The molecule has 160 valence electrons. The van der Waals surface area contributed by atoms with Gasteiger partial charge in [-0.15, -0.1) is 0 Å². The number of carbonyl (C=O) groups excluding carboxylic acids is 1. The molecule has 1 aliphatic carbocycles. The first-order valence-corrected chi connectivity index (χ1v) is 10.4. The number of aromatic nitrogens is 4. The van der Waals surface area contributed by atoms with E-state index in [0.717, 1.165) is 37.1 Å². The monoisotopic (exact) mass is 412 g/mol. The minimum absolute atomic E-state index is 0.0822. The van der Waals surface area contributed by atoms with Crippen LogP contribution in [0.3, 0.4) is 0 Å². The Morgan fingerprint density at radius 1 is 1.33 bits per heavy atom. The number of aromatic amines is 1. The van der Waals surface area contributed by atoms with Crippen molar-refractivity contribution < 1.29 is 14.7 Å². The van der Waals surface area contributed by atoms with Crippen LogP contribution in [-0.4, -0.2) is 53.8 Å². The summed E-state index contributed by atoms with van der Waals surface area (Å²) in [6.07, 6.45) is 6.35. The number of carbonyl (C=O) groups is 2. The summed E-state index contributed by atoms with van der Waals surface area (Å²) in [5.41, 5.74) is 2.12. The molecule has 2 aromatic heterocycles. The maximum atomic E-state index is 12.3. The number of carboxylic acid groups (broad SMARTS) is 1. The van der Waals surface area contributed by atoms with Crippen LogP contribution in [0.15, 0.2) is 18.5 Å². The summed E-state index contributed by atoms with van der Waals surface area (Å²) >= 11 is 0. The van der Waals surface area contributed by atoms with Gasteiger partial charge in [-0.1, -0.05) is 0 Å². The molecule has 0 bridgehead atoms. The fourth-order valence-corrected chi connectivity index (χ4v) is 5.25. The molecular formula is C21H28N6O3. The molecule has 2 aliphatic rings. The lowest BCUT2D eigenvalue weighted by molar-refractivity contribution is -0.115. The average Bonchev–Trinajstić information content (AvgIpc) is 3.32. The zero-order valence-electron chi connectivity index (χ0n) is 17.6. The molecule has 1 saturated carbocycles. The number of likely N-dealkylation sites (tertiary alicyclic amines) is 1. The second kappa shape index (κ2) is 7.70. The first kappa shape index (κ1) is 20.3. The third-order valence-electron chi connectivity index (χ3n) is 6.70. The van der Waals surface area contributed by atoms with Crippen molar-refractivity contribution in [2.75, 3.05) is 5.32 Å². The van der Waals surface area contributed by atoms with E-state index in [1.807, 2.05) is 19.9 Å². The van der Waals surface area contributed by atoms with Gasteiger partial charge in [0.2, 0.25) is 5.91 Å². The molecule has 9 heteroatoms. The Morgan fingerprint density at radius 3 is 2.80 bits per heavy atom. The second-order valence-electron chi connectivity index (χ2n) is 8.85. The van der Waals surface area contributed by atoms with E-state index in [0.29, 0.717) is 23.3 Å². The molecule has 0 aromatic carbocycles. The highest BCUT2D eigenvalue weighted by Gasteiger charge is 2.55. The molecule has 9 nitrogen and oxygen atoms in total. The first-order chi connectivity index (χ1) is 14.3. The van der Waals surface area contributed by atoms with Gasteiger partial charge in [0.1, 0.15) is 0 Å². The Morgan fingerprint density at radius 2 is 2.13 bits per heavy atom. The number of rotatable bonds is 5. The van der Waals surface area contributed by atoms with Crippen LogP contribution in [0.1, 0.15) is 62.5 Å². The summed E-state index contributed by atoms with van der Waals surface area (Å²) in [4.78, 5) is 33.9. The molecule has 3 heterocycles. The van der Waals surface area contributed by atoms with E-state index in [9.17, 15) is 14.7 Å². The van der Waals surface area contributed by atoms with Crippen LogP contribution in [0.2, 0.25) is 0 Å². The van der Waals surface area contributed by atoms with Crippen LogP contribution in [0, 0.1) is 12.8 Å². The zero-order chi connectivity index (χ0) is 21.5. The number of amides is 2. The number of H-pyrrole nitrogens is 1. The fourth-order valence-electron chi connectivity index (χ4n) is 5.25. The van der Waals surface area contributed by atoms with Crippen LogP contribution >= 0.6 is 0 Å². The van der Waals surface area contributed by atoms with Gasteiger partial charge in [-0.2, -0.15) is 5.10 Å². The predicted molar refractivity (Wildman–Crippen MR) is 110 cm³/mol. The maximum absolute atomic E-state index is 12.3. The molecule has 2 aromatic rings. The topological polar surface area (TPSA) is 124 Å². The summed E-state index contributed by atoms with van der Waals surface area (Å²) in [6, 6.07) is 1.96. The van der Waals surface area contributed by atoms with Gasteiger partial charge in [-0.05, 0) is 52.4 Å². The molecule has 0 spiro atoms. The minimum atomic E-state index is -0.829. The van der Waals surface area contributed by atoms with Crippen molar-refractivity contribution in [3.8, 4) is 0 Å². The number of nitrogens with zero attached hydrogens (tertiary/aromatic N) is 4. The van der Waals surface area contributed by atoms with Crippen LogP contribution < -0.4 is 5.32 Å². The lowest BCUT2D eigenvalue weighted by Gasteiger charge is -2.57. The lowest BCUT2D eigenvalue weighted by atomic mass is 9.70. The van der Waals surface area contributed by atoms with Gasteiger partial charge in [-0.25, -0.2) is 4.79 Å². The van der Waals surface area contributed by atoms with Gasteiger partial charge in [0.15, 0.2) is 5.82 Å². The van der Waals surface area contributed by atoms with Crippen molar-refractivity contribution in [1.29, 1.82) is 0 Å². The van der Waals surface area contributed by atoms with E-state index >= 15 is 0 Å². The van der Waals surface area contributed by atoms with Gasteiger partial charge >= 0.3 is 6.09 Å². The SMILES string of the molecule is Cc1cnc(CC(=O)Nc2cc(C3CCC([C@]4(C)C[C@H](C)N4C(=O)O)C3)[nH]n2)cn1. The molecule has 0 radical (unpaired) electrons. The number of nitrogens with one attached hydrogen (secondary N) is 2. The van der Waals surface area contributed by atoms with E-state index < -0.39 is 6.09 Å². The third-order valence-corrected chi connectivity index (χ3v) is 6.70. The molecule has 4 atom stereocenters. The van der Waals surface area contributed by atoms with Crippen molar-refractivity contribution in [2.24, 2.45) is 5.92 Å². The highest BCUT2D eigenvalue weighted by Crippen LogP contribution is 2.51. The molecule has 1 aliphatic heterocycles. The Bertz CT molecular complexity index is 942. The lowest BCUT2D eigenvalue weighted by Crippen LogP contribution is -2.68. The molecule has 3 N–H and O–H groups in total. The first-order valence-electron chi connectivity index (χ1n) is 10.4. The molecule has 2 fully saturated rings. The number of hydrogen-bond donors (Lipinski definition) is 3. The van der Waals surface area contributed by atoms with Crippen molar-refractivity contribution in [2.45, 2.75) is 70.4 Å². The number of hydrogen-bond acceptors (Lipinski definition) is 5. The fraction of sp³-hybridized carbons (Fsp3) is 0.571. The van der Waals surface area contributed by atoms with E-state index in [1.54, 1.807) is 17.3 Å². The average molecular weight is 412 g/mol. The molecule has 2 amide bonds. The van der Waals surface area contributed by atoms with E-state index in [4.69, 9.17) is 0 Å². The Kier molecular flexibility index (Phi) is 5.21. The summed E-state index contributed by atoms with van der Waals surface area (Å²) < 4.78 is 0. The normalized spacial score (nSPS) is 28.2. The van der Waals surface area contributed by atoms with Gasteiger partial charge in [0, 0.05) is 41.7 Å². The van der Waals surface area contributed by atoms with Crippen molar-refractivity contribution >= 4 is 17.8 Å². The largest absolute Gasteiger partial charge is 0.465 e. The predicted octanol–water partition coefficient (Wildman–Crippen LogP) is 3.10. The molecule has 1 saturated heterocycles. The Hall–Kier alpha value is -2.97. The van der Waals surface area contributed by atoms with E-state index in [1.165, 1.54) is 0 Å². The van der Waals surface area contributed by atoms with Crippen molar-refractivity contribution in [1.82, 2.24) is 25.1 Å². The zero-order valence-corrected chi connectivity index (χ0v) is 17.6. The smallest absolute Gasteiger partial charge is 0.408 e. The molecular weight excluding hydrogens is 384 g/mol. The highest BCUT2D eigenvalue weighted by molar-refractivity contribution is 5.91. The Balaban J connectivity index is 1.35. The number of anilines is 1. The van der Waals surface area contributed by atoms with Crippen LogP contribution in [0.25, 0.3) is 0 Å². The highest BCUT2D eigenvalue weighted by atomic mass is 16.4. The van der Waals surface area contributed by atoms with Crippen LogP contribution in [0.5, 0.6) is 0 Å². The maximum Gasteiger partial charge on any atom is 0.408 e. The van der Waals surface area contributed by atoms with Crippen LogP contribution in [-0.2, 0) is 11.2 Å². The van der Waals surface area contributed by atoms with Gasteiger partial charge in [0.25, 0.3) is 0 Å². The van der Waals surface area contributed by atoms with Crippen molar-refractivity contribution in [3.05, 3.63) is 35.5 Å². The Labute approximate surface area is 175 Å². The second-order valence-corrected chi connectivity index (χ2v) is 8.85. The van der Waals surface area contributed by atoms with Gasteiger partial charge < -0.3 is 10.4 Å². The summed E-state index contributed by atoms with van der Waals surface area (Å²) in [6.45, 7) is 5.88. The van der Waals surface area contributed by atoms with E-state index in [2.05, 4.69) is 32.4 Å². The van der Waals surface area contributed by atoms with Gasteiger partial charge in [-0.3, -0.25) is 24.8 Å². The summed E-state index contributed by atoms with van der Waals surface area (Å²) in [7, 11) is 0. The quantitative estimate of drug-likeness (QED) is 0.693. The molecule has 4 rings (SSSR count). The summed E-state index contributed by atoms with van der Waals surface area (Å²) in [5, 5.41) is 19.6. The van der Waals surface area contributed by atoms with Gasteiger partial charge in [0.05, 0.1) is 17.8 Å². The third kappa shape index (κ3) is 3.76. The van der Waals surface area contributed by atoms with E-state index in [-0.39, 0.29) is 23.9 Å². The molecule has 2 unspecified atom stereocenters. The van der Waals surface area contributed by atoms with Crippen LogP contribution in [0.4, 0.5) is 10.6 Å². The minimum Gasteiger partial charge on any atom is -0.465 e. The molecule has 30 heavy (non-hydrogen) atoms.